The number of pyridine rings is 1. The van der Waals surface area contributed by atoms with Crippen LogP contribution in [0.15, 0.2) is 30.7 Å². The number of nitrogens with zero attached hydrogens (tertiary/aromatic N) is 3. The third-order valence-corrected chi connectivity index (χ3v) is 2.49. The Labute approximate surface area is 89.8 Å². The molecule has 0 saturated carbocycles. The van der Waals surface area contributed by atoms with Crippen LogP contribution in [0.2, 0.25) is 0 Å². The maximum Gasteiger partial charge on any atom is 0.0700 e. The Morgan fingerprint density at radius 1 is 1.20 bits per heavy atom. The van der Waals surface area contributed by atoms with Gasteiger partial charge < -0.3 is 0 Å². The van der Waals surface area contributed by atoms with Gasteiger partial charge in [0.25, 0.3) is 0 Å². The Kier molecular flexibility index (Phi) is 2.81. The Morgan fingerprint density at radius 2 is 1.93 bits per heavy atom. The fourth-order valence-electron chi connectivity index (χ4n) is 1.66. The SMILES string of the molecule is CCc1nn(CC)cc1-c1ccncc1. The topological polar surface area (TPSA) is 30.7 Å². The summed E-state index contributed by atoms with van der Waals surface area (Å²) in [4.78, 5) is 4.03. The van der Waals surface area contributed by atoms with Crippen molar-refractivity contribution in [2.24, 2.45) is 0 Å². The quantitative estimate of drug-likeness (QED) is 0.764. The van der Waals surface area contributed by atoms with Crippen molar-refractivity contribution in [2.45, 2.75) is 26.8 Å². The van der Waals surface area contributed by atoms with Gasteiger partial charge in [-0.1, -0.05) is 6.92 Å². The smallest absolute Gasteiger partial charge is 0.0700 e. The van der Waals surface area contributed by atoms with Gasteiger partial charge in [0.15, 0.2) is 0 Å². The molecule has 78 valence electrons. The van der Waals surface area contributed by atoms with Crippen LogP contribution in [0.25, 0.3) is 11.1 Å². The van der Waals surface area contributed by atoms with Crippen molar-refractivity contribution in [3.8, 4) is 11.1 Å². The summed E-state index contributed by atoms with van der Waals surface area (Å²) in [6, 6.07) is 4.05. The molecule has 0 amide bonds. The molecule has 0 bridgehead atoms. The molecule has 2 heterocycles. The lowest BCUT2D eigenvalue weighted by Crippen LogP contribution is -1.94. The third-order valence-electron chi connectivity index (χ3n) is 2.49. The molecule has 0 aliphatic heterocycles. The minimum Gasteiger partial charge on any atom is -0.272 e. The number of hydrogen-bond donors (Lipinski definition) is 0. The first-order chi connectivity index (χ1) is 7.35. The summed E-state index contributed by atoms with van der Waals surface area (Å²) in [5.41, 5.74) is 3.58. The fraction of sp³-hybridized carbons (Fsp3) is 0.333. The zero-order valence-corrected chi connectivity index (χ0v) is 9.14. The molecule has 0 radical (unpaired) electrons. The molecule has 0 unspecified atom stereocenters. The van der Waals surface area contributed by atoms with Crippen molar-refractivity contribution < 1.29 is 0 Å². The summed E-state index contributed by atoms with van der Waals surface area (Å²) in [5.74, 6) is 0. The second kappa shape index (κ2) is 4.26. The van der Waals surface area contributed by atoms with E-state index >= 15 is 0 Å². The second-order valence-electron chi connectivity index (χ2n) is 3.43. The number of aryl methyl sites for hydroxylation is 2. The van der Waals surface area contributed by atoms with Crippen LogP contribution in [0.1, 0.15) is 19.5 Å². The molecule has 0 fully saturated rings. The highest BCUT2D eigenvalue weighted by Gasteiger charge is 2.07. The van der Waals surface area contributed by atoms with E-state index in [1.54, 1.807) is 0 Å². The lowest BCUT2D eigenvalue weighted by atomic mass is 10.1. The average Bonchev–Trinajstić information content (AvgIpc) is 2.73. The van der Waals surface area contributed by atoms with E-state index in [9.17, 15) is 0 Å². The lowest BCUT2D eigenvalue weighted by molar-refractivity contribution is 0.648. The zero-order valence-electron chi connectivity index (χ0n) is 9.14. The molecule has 0 atom stereocenters. The molecule has 0 aliphatic rings. The van der Waals surface area contributed by atoms with E-state index in [1.165, 1.54) is 11.1 Å². The highest BCUT2D eigenvalue weighted by atomic mass is 15.3. The van der Waals surface area contributed by atoms with Crippen LogP contribution in [-0.2, 0) is 13.0 Å². The van der Waals surface area contributed by atoms with Crippen LogP contribution in [0.3, 0.4) is 0 Å². The summed E-state index contributed by atoms with van der Waals surface area (Å²) in [5, 5.41) is 4.52. The molecule has 2 aromatic rings. The monoisotopic (exact) mass is 201 g/mol. The molecular weight excluding hydrogens is 186 g/mol. The van der Waals surface area contributed by atoms with Gasteiger partial charge in [0.1, 0.15) is 0 Å². The van der Waals surface area contributed by atoms with Gasteiger partial charge >= 0.3 is 0 Å². The first-order valence-electron chi connectivity index (χ1n) is 5.31. The summed E-state index contributed by atoms with van der Waals surface area (Å²) in [6.45, 7) is 5.15. The van der Waals surface area contributed by atoms with Crippen LogP contribution in [-0.4, -0.2) is 14.8 Å². The van der Waals surface area contributed by atoms with Gasteiger partial charge in [0, 0.05) is 30.7 Å². The predicted octanol–water partition coefficient (Wildman–Crippen LogP) is 2.53. The Balaban J connectivity index is 2.47. The number of aromatic nitrogens is 3. The highest BCUT2D eigenvalue weighted by molar-refractivity contribution is 5.64. The van der Waals surface area contributed by atoms with Crippen LogP contribution >= 0.6 is 0 Å². The lowest BCUT2D eigenvalue weighted by Gasteiger charge is -1.98. The molecule has 2 rings (SSSR count). The van der Waals surface area contributed by atoms with Gasteiger partial charge in [-0.05, 0) is 31.0 Å². The molecule has 3 nitrogen and oxygen atoms in total. The van der Waals surface area contributed by atoms with Crippen molar-refractivity contribution in [2.75, 3.05) is 0 Å². The van der Waals surface area contributed by atoms with Gasteiger partial charge in [0.2, 0.25) is 0 Å². The molecule has 0 spiro atoms. The first-order valence-corrected chi connectivity index (χ1v) is 5.31. The van der Waals surface area contributed by atoms with E-state index in [1.807, 2.05) is 29.2 Å². The van der Waals surface area contributed by atoms with E-state index in [0.717, 1.165) is 18.7 Å². The summed E-state index contributed by atoms with van der Waals surface area (Å²) >= 11 is 0. The van der Waals surface area contributed by atoms with E-state index in [2.05, 4.69) is 30.1 Å². The summed E-state index contributed by atoms with van der Waals surface area (Å²) in [7, 11) is 0. The third kappa shape index (κ3) is 1.91. The van der Waals surface area contributed by atoms with Crippen molar-refractivity contribution >= 4 is 0 Å². The Hall–Kier alpha value is -1.64. The molecule has 2 aromatic heterocycles. The highest BCUT2D eigenvalue weighted by Crippen LogP contribution is 2.22. The van der Waals surface area contributed by atoms with Gasteiger partial charge in [-0.25, -0.2) is 0 Å². The number of rotatable bonds is 3. The number of hydrogen-bond acceptors (Lipinski definition) is 2. The molecule has 3 heteroatoms. The first kappa shape index (κ1) is 9.90. The van der Waals surface area contributed by atoms with Crippen molar-refractivity contribution in [3.05, 3.63) is 36.4 Å². The van der Waals surface area contributed by atoms with Crippen LogP contribution in [0.4, 0.5) is 0 Å². The largest absolute Gasteiger partial charge is 0.272 e. The minimum absolute atomic E-state index is 0.915. The standard InChI is InChI=1S/C12H15N3/c1-3-12-11(9-15(4-2)14-12)10-5-7-13-8-6-10/h5-9H,3-4H2,1-2H3. The summed E-state index contributed by atoms with van der Waals surface area (Å²) < 4.78 is 1.98. The summed E-state index contributed by atoms with van der Waals surface area (Å²) in [6.07, 6.45) is 6.70. The minimum atomic E-state index is 0.915. The average molecular weight is 201 g/mol. The van der Waals surface area contributed by atoms with Gasteiger partial charge in [-0.15, -0.1) is 0 Å². The van der Waals surface area contributed by atoms with Crippen LogP contribution < -0.4 is 0 Å². The van der Waals surface area contributed by atoms with E-state index in [-0.39, 0.29) is 0 Å². The molecule has 15 heavy (non-hydrogen) atoms. The van der Waals surface area contributed by atoms with Crippen molar-refractivity contribution in [1.29, 1.82) is 0 Å². The van der Waals surface area contributed by atoms with E-state index in [0.29, 0.717) is 0 Å². The van der Waals surface area contributed by atoms with Gasteiger partial charge in [0.05, 0.1) is 5.69 Å². The molecule has 0 saturated heterocycles. The van der Waals surface area contributed by atoms with E-state index in [4.69, 9.17) is 0 Å². The van der Waals surface area contributed by atoms with Crippen molar-refractivity contribution in [1.82, 2.24) is 14.8 Å². The van der Waals surface area contributed by atoms with Crippen LogP contribution in [0.5, 0.6) is 0 Å². The van der Waals surface area contributed by atoms with Crippen molar-refractivity contribution in [3.63, 3.8) is 0 Å². The van der Waals surface area contributed by atoms with Gasteiger partial charge in [-0.3, -0.25) is 9.67 Å². The molecule has 0 aromatic carbocycles. The van der Waals surface area contributed by atoms with Gasteiger partial charge in [-0.2, -0.15) is 5.10 Å². The Morgan fingerprint density at radius 3 is 2.53 bits per heavy atom. The zero-order chi connectivity index (χ0) is 10.7. The Bertz CT molecular complexity index is 431. The second-order valence-corrected chi connectivity index (χ2v) is 3.43. The predicted molar refractivity (Wildman–Crippen MR) is 60.5 cm³/mol. The maximum absolute atomic E-state index is 4.52. The normalized spacial score (nSPS) is 10.5. The molecule has 0 aliphatic carbocycles. The van der Waals surface area contributed by atoms with Crippen LogP contribution in [0, 0.1) is 0 Å². The van der Waals surface area contributed by atoms with E-state index < -0.39 is 0 Å². The molecular formula is C12H15N3. The maximum atomic E-state index is 4.52. The molecule has 0 N–H and O–H groups in total. The fourth-order valence-corrected chi connectivity index (χ4v) is 1.66.